The van der Waals surface area contributed by atoms with E-state index in [0.717, 1.165) is 6.42 Å². The fraction of sp³-hybridized carbons (Fsp3) is 0.538. The van der Waals surface area contributed by atoms with Gasteiger partial charge in [-0.3, -0.25) is 0 Å². The number of hydrogen-bond acceptors (Lipinski definition) is 1. The minimum Gasteiger partial charge on any atom is -0.508 e. The van der Waals surface area contributed by atoms with Crippen LogP contribution in [-0.2, 0) is 0 Å². The standard InChI is InChI=1S/C13H20O/c1-4-10(3)13(5-2)11-7-6-8-12(14)9-11/h6-10,13-14H,4-5H2,1-3H3. The number of aromatic hydroxyl groups is 1. The highest BCUT2D eigenvalue weighted by Gasteiger charge is 2.15. The highest BCUT2D eigenvalue weighted by atomic mass is 16.3. The number of hydrogen-bond donors (Lipinski definition) is 1. The molecule has 1 heteroatoms. The van der Waals surface area contributed by atoms with Crippen molar-refractivity contribution in [2.45, 2.75) is 39.5 Å². The Balaban J connectivity index is 2.89. The van der Waals surface area contributed by atoms with E-state index < -0.39 is 0 Å². The SMILES string of the molecule is CCC(C)C(CC)c1cccc(O)c1. The lowest BCUT2D eigenvalue weighted by atomic mass is 9.84. The average molecular weight is 192 g/mol. The van der Waals surface area contributed by atoms with Gasteiger partial charge in [-0.15, -0.1) is 0 Å². The molecule has 0 saturated heterocycles. The van der Waals surface area contributed by atoms with Crippen LogP contribution in [0.4, 0.5) is 0 Å². The average Bonchev–Trinajstić information content (AvgIpc) is 2.19. The molecule has 2 unspecified atom stereocenters. The quantitative estimate of drug-likeness (QED) is 0.766. The summed E-state index contributed by atoms with van der Waals surface area (Å²) in [4.78, 5) is 0. The third-order valence-electron chi connectivity index (χ3n) is 3.07. The summed E-state index contributed by atoms with van der Waals surface area (Å²) in [6.07, 6.45) is 2.33. The molecule has 1 rings (SSSR count). The highest BCUT2D eigenvalue weighted by Crippen LogP contribution is 2.31. The Morgan fingerprint density at radius 3 is 2.43 bits per heavy atom. The summed E-state index contributed by atoms with van der Waals surface area (Å²) in [6, 6.07) is 7.66. The number of rotatable bonds is 4. The molecule has 0 heterocycles. The van der Waals surface area contributed by atoms with Gasteiger partial charge >= 0.3 is 0 Å². The van der Waals surface area contributed by atoms with Gasteiger partial charge in [-0.25, -0.2) is 0 Å². The molecular weight excluding hydrogens is 172 g/mol. The third-order valence-corrected chi connectivity index (χ3v) is 3.07. The molecule has 0 bridgehead atoms. The van der Waals surface area contributed by atoms with Gasteiger partial charge in [0.25, 0.3) is 0 Å². The van der Waals surface area contributed by atoms with Crippen LogP contribution < -0.4 is 0 Å². The van der Waals surface area contributed by atoms with Gasteiger partial charge in [0, 0.05) is 0 Å². The van der Waals surface area contributed by atoms with Crippen molar-refractivity contribution >= 4 is 0 Å². The first kappa shape index (κ1) is 11.1. The number of phenols is 1. The smallest absolute Gasteiger partial charge is 0.115 e. The molecule has 2 atom stereocenters. The van der Waals surface area contributed by atoms with E-state index in [1.165, 1.54) is 12.0 Å². The number of phenolic OH excluding ortho intramolecular Hbond substituents is 1. The van der Waals surface area contributed by atoms with Gasteiger partial charge in [-0.1, -0.05) is 39.3 Å². The summed E-state index contributed by atoms with van der Waals surface area (Å²) in [7, 11) is 0. The summed E-state index contributed by atoms with van der Waals surface area (Å²) in [5.41, 5.74) is 1.27. The van der Waals surface area contributed by atoms with Crippen LogP contribution in [0.5, 0.6) is 5.75 Å². The molecule has 0 spiro atoms. The van der Waals surface area contributed by atoms with Gasteiger partial charge in [0.2, 0.25) is 0 Å². The first-order valence-electron chi connectivity index (χ1n) is 5.48. The highest BCUT2D eigenvalue weighted by molar-refractivity contribution is 5.29. The summed E-state index contributed by atoms with van der Waals surface area (Å²) < 4.78 is 0. The Hall–Kier alpha value is -0.980. The molecule has 0 aromatic heterocycles. The zero-order chi connectivity index (χ0) is 10.6. The van der Waals surface area contributed by atoms with Crippen molar-refractivity contribution in [2.24, 2.45) is 5.92 Å². The molecule has 0 saturated carbocycles. The van der Waals surface area contributed by atoms with Crippen molar-refractivity contribution in [3.63, 3.8) is 0 Å². The maximum Gasteiger partial charge on any atom is 0.115 e. The van der Waals surface area contributed by atoms with Crippen LogP contribution in [0.2, 0.25) is 0 Å². The molecule has 0 radical (unpaired) electrons. The molecule has 0 fully saturated rings. The van der Waals surface area contributed by atoms with Crippen LogP contribution in [-0.4, -0.2) is 5.11 Å². The largest absolute Gasteiger partial charge is 0.508 e. The van der Waals surface area contributed by atoms with Gasteiger partial charge in [0.15, 0.2) is 0 Å². The zero-order valence-corrected chi connectivity index (χ0v) is 9.33. The van der Waals surface area contributed by atoms with E-state index in [9.17, 15) is 5.11 Å². The van der Waals surface area contributed by atoms with E-state index in [1.807, 2.05) is 12.1 Å². The molecule has 0 aliphatic heterocycles. The predicted molar refractivity (Wildman–Crippen MR) is 60.6 cm³/mol. The van der Waals surface area contributed by atoms with Gasteiger partial charge in [0.05, 0.1) is 0 Å². The lowest BCUT2D eigenvalue weighted by Gasteiger charge is -2.21. The van der Waals surface area contributed by atoms with Crippen LogP contribution in [0, 0.1) is 5.92 Å². The molecule has 0 amide bonds. The first-order valence-corrected chi connectivity index (χ1v) is 5.48. The second kappa shape index (κ2) is 5.04. The van der Waals surface area contributed by atoms with Crippen LogP contribution in [0.15, 0.2) is 24.3 Å². The van der Waals surface area contributed by atoms with Crippen molar-refractivity contribution in [3.05, 3.63) is 29.8 Å². The molecule has 1 N–H and O–H groups in total. The molecule has 14 heavy (non-hydrogen) atoms. The minimum atomic E-state index is 0.379. The first-order chi connectivity index (χ1) is 6.69. The monoisotopic (exact) mass is 192 g/mol. The maximum absolute atomic E-state index is 9.41. The van der Waals surface area contributed by atoms with Crippen molar-refractivity contribution in [2.75, 3.05) is 0 Å². The summed E-state index contributed by atoms with van der Waals surface area (Å²) in [6.45, 7) is 6.70. The van der Waals surface area contributed by atoms with Crippen LogP contribution in [0.25, 0.3) is 0 Å². The van der Waals surface area contributed by atoms with E-state index in [-0.39, 0.29) is 0 Å². The van der Waals surface area contributed by atoms with Crippen molar-refractivity contribution in [1.82, 2.24) is 0 Å². The lowest BCUT2D eigenvalue weighted by Crippen LogP contribution is -2.07. The van der Waals surface area contributed by atoms with E-state index in [1.54, 1.807) is 6.07 Å². The van der Waals surface area contributed by atoms with Crippen molar-refractivity contribution < 1.29 is 5.11 Å². The normalized spacial score (nSPS) is 15.1. The predicted octanol–water partition coefficient (Wildman–Crippen LogP) is 3.93. The molecule has 1 aromatic rings. The van der Waals surface area contributed by atoms with Crippen LogP contribution in [0.3, 0.4) is 0 Å². The molecular formula is C13H20O. The van der Waals surface area contributed by atoms with Crippen molar-refractivity contribution in [3.8, 4) is 5.75 Å². The summed E-state index contributed by atoms with van der Waals surface area (Å²) in [5.74, 6) is 1.64. The third kappa shape index (κ3) is 2.50. The van der Waals surface area contributed by atoms with Gasteiger partial charge in [-0.05, 0) is 36.0 Å². The Bertz CT molecular complexity index is 280. The van der Waals surface area contributed by atoms with Crippen LogP contribution >= 0.6 is 0 Å². The maximum atomic E-state index is 9.41. The molecule has 0 aliphatic rings. The van der Waals surface area contributed by atoms with Gasteiger partial charge < -0.3 is 5.11 Å². The lowest BCUT2D eigenvalue weighted by molar-refractivity contribution is 0.430. The summed E-state index contributed by atoms with van der Waals surface area (Å²) in [5, 5.41) is 9.41. The summed E-state index contributed by atoms with van der Waals surface area (Å²) >= 11 is 0. The Labute approximate surface area is 86.8 Å². The van der Waals surface area contributed by atoms with E-state index in [0.29, 0.717) is 17.6 Å². The Kier molecular flexibility index (Phi) is 3.99. The Morgan fingerprint density at radius 1 is 1.21 bits per heavy atom. The van der Waals surface area contributed by atoms with Crippen LogP contribution in [0.1, 0.15) is 45.1 Å². The molecule has 1 nitrogen and oxygen atoms in total. The molecule has 0 aliphatic carbocycles. The second-order valence-corrected chi connectivity index (χ2v) is 4.00. The Morgan fingerprint density at radius 2 is 1.93 bits per heavy atom. The van der Waals surface area contributed by atoms with E-state index >= 15 is 0 Å². The molecule has 78 valence electrons. The minimum absolute atomic E-state index is 0.379. The topological polar surface area (TPSA) is 20.2 Å². The molecule has 1 aromatic carbocycles. The second-order valence-electron chi connectivity index (χ2n) is 4.00. The fourth-order valence-corrected chi connectivity index (χ4v) is 2.01. The fourth-order valence-electron chi connectivity index (χ4n) is 2.01. The zero-order valence-electron chi connectivity index (χ0n) is 9.33. The van der Waals surface area contributed by atoms with Gasteiger partial charge in [0.1, 0.15) is 5.75 Å². The van der Waals surface area contributed by atoms with E-state index in [2.05, 4.69) is 26.8 Å². The van der Waals surface area contributed by atoms with Gasteiger partial charge in [-0.2, -0.15) is 0 Å². The number of benzene rings is 1. The van der Waals surface area contributed by atoms with Crippen molar-refractivity contribution in [1.29, 1.82) is 0 Å². The van der Waals surface area contributed by atoms with E-state index in [4.69, 9.17) is 0 Å².